The van der Waals surface area contributed by atoms with Crippen LogP contribution >= 0.6 is 0 Å². The van der Waals surface area contributed by atoms with Gasteiger partial charge >= 0.3 is 0 Å². The Morgan fingerprint density at radius 1 is 1.05 bits per heavy atom. The van der Waals surface area contributed by atoms with Crippen LogP contribution in [0.25, 0.3) is 0 Å². The number of hydrogen-bond acceptors (Lipinski definition) is 3. The highest BCUT2D eigenvalue weighted by molar-refractivity contribution is 5.35. The maximum Gasteiger partial charge on any atom is 0.284 e. The molecule has 4 rings (SSSR count). The molecule has 0 aromatic heterocycles. The van der Waals surface area contributed by atoms with E-state index >= 15 is 0 Å². The van der Waals surface area contributed by atoms with E-state index in [9.17, 15) is 0 Å². The van der Waals surface area contributed by atoms with Gasteiger partial charge in [0, 0.05) is 19.4 Å². The lowest BCUT2D eigenvalue weighted by Crippen LogP contribution is -2.33. The zero-order valence-electron chi connectivity index (χ0n) is 12.0. The van der Waals surface area contributed by atoms with Gasteiger partial charge in [-0.15, -0.1) is 0 Å². The van der Waals surface area contributed by atoms with Gasteiger partial charge in [0.1, 0.15) is 0 Å². The van der Waals surface area contributed by atoms with Crippen LogP contribution in [0.4, 0.5) is 0 Å². The van der Waals surface area contributed by atoms with Crippen LogP contribution in [0, 0.1) is 0 Å². The molecule has 2 aliphatic heterocycles. The second kappa shape index (κ2) is 4.95. The lowest BCUT2D eigenvalue weighted by atomic mass is 9.86. The highest BCUT2D eigenvalue weighted by atomic mass is 16.9. The van der Waals surface area contributed by atoms with Crippen LogP contribution in [0.2, 0.25) is 0 Å². The van der Waals surface area contributed by atoms with Gasteiger partial charge < -0.3 is 14.2 Å². The SMILES string of the molecule is CO[C@]12C[C@H](c3ccccc3)[C@H](O1)c1ccccc1CO2. The molecule has 2 bridgehead atoms. The van der Waals surface area contributed by atoms with Crippen molar-refractivity contribution >= 4 is 0 Å². The van der Waals surface area contributed by atoms with E-state index in [1.165, 1.54) is 16.7 Å². The summed E-state index contributed by atoms with van der Waals surface area (Å²) >= 11 is 0. The van der Waals surface area contributed by atoms with Crippen molar-refractivity contribution in [2.75, 3.05) is 7.11 Å². The molecule has 0 amide bonds. The average Bonchev–Trinajstić information content (AvgIpc) is 2.85. The summed E-state index contributed by atoms with van der Waals surface area (Å²) < 4.78 is 17.8. The molecule has 0 aliphatic carbocycles. The quantitative estimate of drug-likeness (QED) is 0.839. The first-order valence-electron chi connectivity index (χ1n) is 7.31. The molecule has 3 atom stereocenters. The summed E-state index contributed by atoms with van der Waals surface area (Å²) in [5.41, 5.74) is 3.66. The van der Waals surface area contributed by atoms with Crippen LogP contribution in [0.5, 0.6) is 0 Å². The van der Waals surface area contributed by atoms with E-state index < -0.39 is 5.97 Å². The van der Waals surface area contributed by atoms with Crippen molar-refractivity contribution in [3.05, 3.63) is 71.3 Å². The number of ether oxygens (including phenoxy) is 3. The van der Waals surface area contributed by atoms with Gasteiger partial charge in [-0.3, -0.25) is 0 Å². The molecule has 1 fully saturated rings. The van der Waals surface area contributed by atoms with Crippen LogP contribution < -0.4 is 0 Å². The van der Waals surface area contributed by atoms with Crippen LogP contribution in [0.3, 0.4) is 0 Å². The molecule has 21 heavy (non-hydrogen) atoms. The van der Waals surface area contributed by atoms with Gasteiger partial charge in [-0.05, 0) is 16.7 Å². The minimum atomic E-state index is -0.926. The molecule has 0 unspecified atom stereocenters. The predicted octanol–water partition coefficient (Wildman–Crippen LogP) is 3.76. The topological polar surface area (TPSA) is 27.7 Å². The van der Waals surface area contributed by atoms with Crippen molar-refractivity contribution in [3.8, 4) is 0 Å². The predicted molar refractivity (Wildman–Crippen MR) is 78.6 cm³/mol. The van der Waals surface area contributed by atoms with Gasteiger partial charge in [0.05, 0.1) is 12.7 Å². The van der Waals surface area contributed by atoms with E-state index in [4.69, 9.17) is 14.2 Å². The summed E-state index contributed by atoms with van der Waals surface area (Å²) in [7, 11) is 1.65. The van der Waals surface area contributed by atoms with Gasteiger partial charge in [-0.1, -0.05) is 54.6 Å². The summed E-state index contributed by atoms with van der Waals surface area (Å²) in [6.07, 6.45) is 0.693. The Kier molecular flexibility index (Phi) is 3.07. The molecule has 2 aliphatic rings. The maximum absolute atomic E-state index is 6.21. The molecule has 3 nitrogen and oxygen atoms in total. The first kappa shape index (κ1) is 13.0. The van der Waals surface area contributed by atoms with E-state index in [0.29, 0.717) is 13.0 Å². The third-order valence-corrected chi connectivity index (χ3v) is 4.49. The first-order chi connectivity index (χ1) is 10.3. The number of benzene rings is 2. The standard InChI is InChI=1S/C18H18O3/c1-19-18-11-16(13-7-3-2-4-8-13)17(21-18)15-10-6-5-9-14(15)12-20-18/h2-10,16-17H,11-12H2,1H3/t16-,17-,18+/m1/s1. The molecule has 1 saturated heterocycles. The van der Waals surface area contributed by atoms with Crippen molar-refractivity contribution in [1.29, 1.82) is 0 Å². The van der Waals surface area contributed by atoms with E-state index in [-0.39, 0.29) is 12.0 Å². The smallest absolute Gasteiger partial charge is 0.284 e. The molecule has 2 heterocycles. The van der Waals surface area contributed by atoms with Crippen LogP contribution in [-0.2, 0) is 20.8 Å². The normalized spacial score (nSPS) is 30.7. The zero-order chi connectivity index (χ0) is 14.3. The summed E-state index contributed by atoms with van der Waals surface area (Å²) in [6, 6.07) is 18.8. The highest BCUT2D eigenvalue weighted by Gasteiger charge is 2.51. The second-order valence-corrected chi connectivity index (χ2v) is 5.63. The molecule has 2 aromatic carbocycles. The molecular weight excluding hydrogens is 264 g/mol. The van der Waals surface area contributed by atoms with E-state index in [1.54, 1.807) is 7.11 Å². The number of rotatable bonds is 2. The van der Waals surface area contributed by atoms with E-state index in [0.717, 1.165) is 0 Å². The first-order valence-corrected chi connectivity index (χ1v) is 7.31. The van der Waals surface area contributed by atoms with Crippen LogP contribution in [0.15, 0.2) is 54.6 Å². The van der Waals surface area contributed by atoms with Gasteiger partial charge in [0.2, 0.25) is 0 Å². The fraction of sp³-hybridized carbons (Fsp3) is 0.333. The minimum Gasteiger partial charge on any atom is -0.331 e. The Labute approximate surface area is 124 Å². The molecule has 108 valence electrons. The van der Waals surface area contributed by atoms with Gasteiger partial charge in [0.25, 0.3) is 5.97 Å². The molecule has 0 N–H and O–H groups in total. The van der Waals surface area contributed by atoms with Crippen molar-refractivity contribution in [1.82, 2.24) is 0 Å². The summed E-state index contributed by atoms with van der Waals surface area (Å²) in [6.45, 7) is 0.530. The summed E-state index contributed by atoms with van der Waals surface area (Å²) in [4.78, 5) is 0. The fourth-order valence-corrected chi connectivity index (χ4v) is 3.39. The zero-order valence-corrected chi connectivity index (χ0v) is 12.0. The van der Waals surface area contributed by atoms with Crippen molar-refractivity contribution < 1.29 is 14.2 Å². The van der Waals surface area contributed by atoms with Gasteiger partial charge in [-0.25, -0.2) is 0 Å². The Bertz CT molecular complexity index is 636. The Balaban J connectivity index is 1.81. The van der Waals surface area contributed by atoms with Crippen molar-refractivity contribution in [3.63, 3.8) is 0 Å². The third kappa shape index (κ3) is 2.09. The lowest BCUT2D eigenvalue weighted by Gasteiger charge is -2.25. The van der Waals surface area contributed by atoms with Crippen LogP contribution in [0.1, 0.15) is 35.1 Å². The highest BCUT2D eigenvalue weighted by Crippen LogP contribution is 2.52. The summed E-state index contributed by atoms with van der Waals surface area (Å²) in [5, 5.41) is 0. The molecule has 3 heteroatoms. The van der Waals surface area contributed by atoms with Gasteiger partial charge in [0.15, 0.2) is 0 Å². The Hall–Kier alpha value is -1.68. The fourth-order valence-electron chi connectivity index (χ4n) is 3.39. The largest absolute Gasteiger partial charge is 0.331 e. The minimum absolute atomic E-state index is 0.0222. The summed E-state index contributed by atoms with van der Waals surface area (Å²) in [5.74, 6) is -0.683. The molecule has 2 aromatic rings. The van der Waals surface area contributed by atoms with Crippen molar-refractivity contribution in [2.24, 2.45) is 0 Å². The van der Waals surface area contributed by atoms with E-state index in [1.807, 2.05) is 12.1 Å². The molecular formula is C18H18O3. The number of fused-ring (bicyclic) bond motifs is 4. The molecule has 0 spiro atoms. The Morgan fingerprint density at radius 2 is 1.81 bits per heavy atom. The maximum atomic E-state index is 6.21. The number of hydrogen-bond donors (Lipinski definition) is 0. The Morgan fingerprint density at radius 3 is 2.62 bits per heavy atom. The average molecular weight is 282 g/mol. The second-order valence-electron chi connectivity index (χ2n) is 5.63. The van der Waals surface area contributed by atoms with E-state index in [2.05, 4.69) is 42.5 Å². The molecule has 0 saturated carbocycles. The van der Waals surface area contributed by atoms with Crippen LogP contribution in [-0.4, -0.2) is 13.1 Å². The lowest BCUT2D eigenvalue weighted by molar-refractivity contribution is -0.363. The van der Waals surface area contributed by atoms with Gasteiger partial charge in [-0.2, -0.15) is 0 Å². The number of methoxy groups -OCH3 is 1. The molecule has 0 radical (unpaired) electrons. The van der Waals surface area contributed by atoms with Crippen molar-refractivity contribution in [2.45, 2.75) is 31.0 Å². The third-order valence-electron chi connectivity index (χ3n) is 4.49. The monoisotopic (exact) mass is 282 g/mol.